The number of thioether (sulfide) groups is 1. The molecule has 0 aliphatic carbocycles. The summed E-state index contributed by atoms with van der Waals surface area (Å²) in [6.45, 7) is 0.260. The molecule has 152 valence electrons. The summed E-state index contributed by atoms with van der Waals surface area (Å²) in [7, 11) is 1.61. The standard InChI is InChI=1S/C20H18N6O3S/c1-28-15-7-5-14(6-8-15)26-17(13-30-20-21-9-3-10-22-20)18(24-25-26)19(27)23-12-16-4-2-11-29-16/h2-11H,12-13H2,1H3,(H,23,27). The Balaban J connectivity index is 1.60. The van der Waals surface area contributed by atoms with Crippen molar-refractivity contribution in [3.8, 4) is 11.4 Å². The summed E-state index contributed by atoms with van der Waals surface area (Å²) in [4.78, 5) is 21.2. The Morgan fingerprint density at radius 3 is 2.67 bits per heavy atom. The van der Waals surface area contributed by atoms with Gasteiger partial charge in [-0.1, -0.05) is 17.0 Å². The van der Waals surface area contributed by atoms with Crippen molar-refractivity contribution >= 4 is 17.7 Å². The van der Waals surface area contributed by atoms with Gasteiger partial charge in [0.2, 0.25) is 0 Å². The number of amides is 1. The van der Waals surface area contributed by atoms with Crippen molar-refractivity contribution in [2.75, 3.05) is 7.11 Å². The van der Waals surface area contributed by atoms with E-state index in [-0.39, 0.29) is 18.1 Å². The Labute approximate surface area is 176 Å². The van der Waals surface area contributed by atoms with Gasteiger partial charge in [0, 0.05) is 18.1 Å². The number of methoxy groups -OCH3 is 1. The smallest absolute Gasteiger partial charge is 0.274 e. The molecule has 30 heavy (non-hydrogen) atoms. The Morgan fingerprint density at radius 2 is 1.97 bits per heavy atom. The molecule has 0 spiro atoms. The van der Waals surface area contributed by atoms with Crippen molar-refractivity contribution in [1.82, 2.24) is 30.3 Å². The van der Waals surface area contributed by atoms with Crippen molar-refractivity contribution < 1.29 is 13.9 Å². The van der Waals surface area contributed by atoms with Crippen LogP contribution in [0, 0.1) is 0 Å². The Hall–Kier alpha value is -3.66. The van der Waals surface area contributed by atoms with E-state index in [0.717, 1.165) is 11.4 Å². The molecule has 0 atom stereocenters. The summed E-state index contributed by atoms with van der Waals surface area (Å²) < 4.78 is 12.1. The molecular formula is C20H18N6O3S. The maximum atomic E-state index is 12.8. The fourth-order valence-corrected chi connectivity index (χ4v) is 3.49. The maximum absolute atomic E-state index is 12.8. The van der Waals surface area contributed by atoms with Crippen LogP contribution in [-0.2, 0) is 12.3 Å². The highest BCUT2D eigenvalue weighted by Gasteiger charge is 2.21. The van der Waals surface area contributed by atoms with Gasteiger partial charge >= 0.3 is 0 Å². The highest BCUT2D eigenvalue weighted by Crippen LogP contribution is 2.23. The molecule has 4 aromatic rings. The summed E-state index contributed by atoms with van der Waals surface area (Å²) in [5, 5.41) is 11.8. The first-order valence-electron chi connectivity index (χ1n) is 9.04. The molecule has 0 saturated carbocycles. The van der Waals surface area contributed by atoms with E-state index in [1.165, 1.54) is 11.8 Å². The highest BCUT2D eigenvalue weighted by atomic mass is 32.2. The van der Waals surface area contributed by atoms with E-state index in [2.05, 4.69) is 25.6 Å². The summed E-state index contributed by atoms with van der Waals surface area (Å²) in [5.74, 6) is 1.45. The lowest BCUT2D eigenvalue weighted by atomic mass is 10.2. The van der Waals surface area contributed by atoms with Crippen molar-refractivity contribution in [2.45, 2.75) is 17.5 Å². The minimum atomic E-state index is -0.337. The first-order chi connectivity index (χ1) is 14.7. The molecule has 10 heteroatoms. The number of rotatable bonds is 8. The molecule has 0 aliphatic heterocycles. The van der Waals surface area contributed by atoms with Gasteiger partial charge in [0.25, 0.3) is 5.91 Å². The van der Waals surface area contributed by atoms with Crippen molar-refractivity contribution in [1.29, 1.82) is 0 Å². The van der Waals surface area contributed by atoms with Crippen LogP contribution in [0.15, 0.2) is 70.7 Å². The minimum absolute atomic E-state index is 0.237. The first-order valence-corrected chi connectivity index (χ1v) is 10.0. The average molecular weight is 422 g/mol. The van der Waals surface area contributed by atoms with Crippen molar-refractivity contribution in [2.24, 2.45) is 0 Å². The fourth-order valence-electron chi connectivity index (χ4n) is 2.70. The quantitative estimate of drug-likeness (QED) is 0.341. The van der Waals surface area contributed by atoms with E-state index in [4.69, 9.17) is 9.15 Å². The number of hydrogen-bond acceptors (Lipinski definition) is 8. The zero-order valence-corrected chi connectivity index (χ0v) is 16.9. The molecule has 0 fully saturated rings. The summed E-state index contributed by atoms with van der Waals surface area (Å²) >= 11 is 1.40. The number of nitrogens with one attached hydrogen (secondary N) is 1. The molecule has 0 aliphatic rings. The van der Waals surface area contributed by atoms with E-state index in [9.17, 15) is 4.79 Å². The lowest BCUT2D eigenvalue weighted by molar-refractivity contribution is 0.0942. The second kappa shape index (κ2) is 9.23. The van der Waals surface area contributed by atoms with Gasteiger partial charge in [-0.05, 0) is 42.5 Å². The largest absolute Gasteiger partial charge is 0.497 e. The van der Waals surface area contributed by atoms with E-state index in [1.807, 2.05) is 24.3 Å². The number of aromatic nitrogens is 5. The van der Waals surface area contributed by atoms with Crippen LogP contribution in [0.3, 0.4) is 0 Å². The Bertz CT molecular complexity index is 1100. The molecule has 0 radical (unpaired) electrons. The maximum Gasteiger partial charge on any atom is 0.274 e. The van der Waals surface area contributed by atoms with Crippen LogP contribution >= 0.6 is 11.8 Å². The third-order valence-electron chi connectivity index (χ3n) is 4.18. The second-order valence-corrected chi connectivity index (χ2v) is 7.02. The van der Waals surface area contributed by atoms with Gasteiger partial charge in [-0.2, -0.15) is 0 Å². The SMILES string of the molecule is COc1ccc(-n2nnc(C(=O)NCc3ccco3)c2CSc2ncccn2)cc1. The predicted molar refractivity (Wildman–Crippen MR) is 109 cm³/mol. The second-order valence-electron chi connectivity index (χ2n) is 6.08. The van der Waals surface area contributed by atoms with Gasteiger partial charge in [0.05, 0.1) is 31.3 Å². The molecule has 3 aromatic heterocycles. The zero-order chi connectivity index (χ0) is 20.8. The van der Waals surface area contributed by atoms with Crippen LogP contribution in [-0.4, -0.2) is 38.0 Å². The van der Waals surface area contributed by atoms with Gasteiger partial charge < -0.3 is 14.5 Å². The Morgan fingerprint density at radius 1 is 1.17 bits per heavy atom. The number of hydrogen-bond donors (Lipinski definition) is 1. The third kappa shape index (κ3) is 4.49. The Kier molecular flexibility index (Phi) is 6.04. The molecule has 1 aromatic carbocycles. The molecule has 0 unspecified atom stereocenters. The summed E-state index contributed by atoms with van der Waals surface area (Å²) in [6, 6.07) is 12.7. The van der Waals surface area contributed by atoms with Gasteiger partial charge in [-0.15, -0.1) is 5.10 Å². The number of nitrogens with zero attached hydrogens (tertiary/aromatic N) is 5. The van der Waals surface area contributed by atoms with E-state index >= 15 is 0 Å². The summed E-state index contributed by atoms with van der Waals surface area (Å²) in [5.41, 5.74) is 1.63. The van der Waals surface area contributed by atoms with E-state index in [1.54, 1.807) is 48.6 Å². The lowest BCUT2D eigenvalue weighted by Crippen LogP contribution is -2.24. The molecular weight excluding hydrogens is 404 g/mol. The van der Waals surface area contributed by atoms with E-state index in [0.29, 0.717) is 22.4 Å². The van der Waals surface area contributed by atoms with Crippen LogP contribution < -0.4 is 10.1 Å². The number of ether oxygens (including phenoxy) is 1. The molecule has 9 nitrogen and oxygen atoms in total. The molecule has 0 bridgehead atoms. The molecule has 1 N–H and O–H groups in total. The van der Waals surface area contributed by atoms with Crippen molar-refractivity contribution in [3.63, 3.8) is 0 Å². The number of carbonyl (C=O) groups excluding carboxylic acids is 1. The van der Waals surface area contributed by atoms with Gasteiger partial charge in [-0.3, -0.25) is 4.79 Å². The van der Waals surface area contributed by atoms with Crippen LogP contribution in [0.5, 0.6) is 5.75 Å². The minimum Gasteiger partial charge on any atom is -0.497 e. The normalized spacial score (nSPS) is 10.7. The highest BCUT2D eigenvalue weighted by molar-refractivity contribution is 7.98. The van der Waals surface area contributed by atoms with Crippen LogP contribution in [0.1, 0.15) is 21.9 Å². The van der Waals surface area contributed by atoms with Gasteiger partial charge in [0.15, 0.2) is 10.9 Å². The van der Waals surface area contributed by atoms with Gasteiger partial charge in [0.1, 0.15) is 11.5 Å². The topological polar surface area (TPSA) is 108 Å². The van der Waals surface area contributed by atoms with E-state index < -0.39 is 0 Å². The lowest BCUT2D eigenvalue weighted by Gasteiger charge is -2.09. The first kappa shape index (κ1) is 19.6. The molecule has 4 rings (SSSR count). The average Bonchev–Trinajstić information content (AvgIpc) is 3.47. The summed E-state index contributed by atoms with van der Waals surface area (Å²) in [6.07, 6.45) is 4.90. The van der Waals surface area contributed by atoms with Crippen molar-refractivity contribution in [3.05, 3.63) is 78.3 Å². The number of carbonyl (C=O) groups is 1. The van der Waals surface area contributed by atoms with Gasteiger partial charge in [-0.25, -0.2) is 14.6 Å². The van der Waals surface area contributed by atoms with Crippen LogP contribution in [0.25, 0.3) is 5.69 Å². The van der Waals surface area contributed by atoms with Crippen LogP contribution in [0.2, 0.25) is 0 Å². The fraction of sp³-hybridized carbons (Fsp3) is 0.150. The molecule has 0 saturated heterocycles. The molecule has 3 heterocycles. The number of benzene rings is 1. The monoisotopic (exact) mass is 422 g/mol. The predicted octanol–water partition coefficient (Wildman–Crippen LogP) is 2.88. The van der Waals surface area contributed by atoms with Crippen LogP contribution in [0.4, 0.5) is 0 Å². The number of furan rings is 1. The molecule has 1 amide bonds. The third-order valence-corrected chi connectivity index (χ3v) is 5.07. The zero-order valence-electron chi connectivity index (χ0n) is 16.1.